The number of hydrogen-bond donors (Lipinski definition) is 3. The molecule has 1 fully saturated rings. The van der Waals surface area contributed by atoms with Crippen LogP contribution in [-0.2, 0) is 19.1 Å². The Kier molecular flexibility index (Phi) is 6.44. The van der Waals surface area contributed by atoms with Gasteiger partial charge in [0, 0.05) is 5.75 Å². The number of carboxylic acid groups (broad SMARTS) is 1. The minimum atomic E-state index is -1.53. The van der Waals surface area contributed by atoms with Gasteiger partial charge in [0.25, 0.3) is 5.91 Å². The van der Waals surface area contributed by atoms with Crippen LogP contribution in [0.1, 0.15) is 32.4 Å². The summed E-state index contributed by atoms with van der Waals surface area (Å²) in [5.74, 6) is -0.742. The summed E-state index contributed by atoms with van der Waals surface area (Å²) in [6, 6.07) is 6.59. The van der Waals surface area contributed by atoms with Crippen LogP contribution in [-0.4, -0.2) is 56.8 Å². The van der Waals surface area contributed by atoms with E-state index in [1.54, 1.807) is 51.1 Å². The number of nitrogens with zero attached hydrogens (tertiary/aromatic N) is 1. The van der Waals surface area contributed by atoms with Crippen molar-refractivity contribution in [3.05, 3.63) is 47.9 Å². The van der Waals surface area contributed by atoms with E-state index in [1.807, 2.05) is 0 Å². The van der Waals surface area contributed by atoms with E-state index in [0.717, 1.165) is 0 Å². The second-order valence-electron chi connectivity index (χ2n) is 7.82. The van der Waals surface area contributed by atoms with Gasteiger partial charge in [-0.25, -0.2) is 9.59 Å². The van der Waals surface area contributed by atoms with Crippen molar-refractivity contribution >= 4 is 35.8 Å². The van der Waals surface area contributed by atoms with Gasteiger partial charge >= 0.3 is 12.2 Å². The molecule has 0 aromatic heterocycles. The van der Waals surface area contributed by atoms with E-state index >= 15 is 0 Å². The number of thioether (sulfide) groups is 1. The van der Waals surface area contributed by atoms with Gasteiger partial charge in [0.2, 0.25) is 11.8 Å². The number of carbonyl (C=O) groups excluding carboxylic acids is 3. The highest BCUT2D eigenvalue weighted by atomic mass is 32.2. The highest BCUT2D eigenvalue weighted by Crippen LogP contribution is 2.38. The second-order valence-corrected chi connectivity index (χ2v) is 8.97. The Morgan fingerprint density at radius 3 is 2.52 bits per heavy atom. The molecule has 0 spiro atoms. The molecule has 0 bridgehead atoms. The molecule has 166 valence electrons. The minimum Gasteiger partial charge on any atom is -0.449 e. The standard InChI is InChI=1S/C20H23N3O7S/c1-20(2,3)30-18(26)22-13(11-7-5-4-6-8-11)15(24)21-14-16(25)23-12(29-19(27)28)9-10-31-17(14)23/h4-9,13-14,17H,10H2,1-3H3,(H,21,24)(H,22,26)(H,27,28)/t13?,14?,17-/m0/s1. The maximum absolute atomic E-state index is 13.0. The molecule has 3 rings (SSSR count). The summed E-state index contributed by atoms with van der Waals surface area (Å²) < 4.78 is 9.90. The van der Waals surface area contributed by atoms with E-state index in [4.69, 9.17) is 9.84 Å². The molecule has 3 amide bonds. The van der Waals surface area contributed by atoms with Gasteiger partial charge in [-0.3, -0.25) is 14.5 Å². The fraction of sp³-hybridized carbons (Fsp3) is 0.400. The summed E-state index contributed by atoms with van der Waals surface area (Å²) in [6.07, 6.45) is -0.810. The summed E-state index contributed by atoms with van der Waals surface area (Å²) in [5, 5.41) is 13.5. The van der Waals surface area contributed by atoms with E-state index in [1.165, 1.54) is 22.7 Å². The third kappa shape index (κ3) is 5.29. The van der Waals surface area contributed by atoms with Crippen molar-refractivity contribution in [2.75, 3.05) is 5.75 Å². The molecule has 1 saturated heterocycles. The first kappa shape index (κ1) is 22.5. The van der Waals surface area contributed by atoms with Crippen molar-refractivity contribution in [1.82, 2.24) is 15.5 Å². The fourth-order valence-corrected chi connectivity index (χ4v) is 4.28. The van der Waals surface area contributed by atoms with Crippen LogP contribution in [0.15, 0.2) is 42.3 Å². The molecule has 10 nitrogen and oxygen atoms in total. The maximum Gasteiger partial charge on any atom is 0.512 e. The normalized spacial score (nSPS) is 21.1. The predicted molar refractivity (Wildman–Crippen MR) is 111 cm³/mol. The molecular formula is C20H23N3O7S. The smallest absolute Gasteiger partial charge is 0.449 e. The second kappa shape index (κ2) is 8.88. The largest absolute Gasteiger partial charge is 0.512 e. The minimum absolute atomic E-state index is 0.0711. The topological polar surface area (TPSA) is 134 Å². The number of carbonyl (C=O) groups is 4. The number of hydrogen-bond acceptors (Lipinski definition) is 7. The summed E-state index contributed by atoms with van der Waals surface area (Å²) in [7, 11) is 0. The van der Waals surface area contributed by atoms with Gasteiger partial charge in [0.1, 0.15) is 23.1 Å². The van der Waals surface area contributed by atoms with Crippen LogP contribution < -0.4 is 10.6 Å². The van der Waals surface area contributed by atoms with Crippen LogP contribution in [0, 0.1) is 0 Å². The Balaban J connectivity index is 1.72. The Hall–Kier alpha value is -3.21. The van der Waals surface area contributed by atoms with Crippen molar-refractivity contribution in [2.45, 2.75) is 43.8 Å². The molecule has 3 N–H and O–H groups in total. The van der Waals surface area contributed by atoms with Crippen molar-refractivity contribution in [3.8, 4) is 0 Å². The van der Waals surface area contributed by atoms with Crippen LogP contribution in [0.25, 0.3) is 0 Å². The summed E-state index contributed by atoms with van der Waals surface area (Å²) in [5.41, 5.74) is -0.238. The highest BCUT2D eigenvalue weighted by Gasteiger charge is 2.53. The molecule has 1 aromatic rings. The van der Waals surface area contributed by atoms with Crippen LogP contribution in [0.4, 0.5) is 9.59 Å². The zero-order chi connectivity index (χ0) is 22.8. The Bertz CT molecular complexity index is 913. The number of nitrogens with one attached hydrogen (secondary N) is 2. The lowest BCUT2D eigenvalue weighted by molar-refractivity contribution is -0.149. The van der Waals surface area contributed by atoms with Crippen LogP contribution in [0.5, 0.6) is 0 Å². The Morgan fingerprint density at radius 2 is 1.90 bits per heavy atom. The number of alkyl carbamates (subject to hydrolysis) is 1. The number of fused-ring (bicyclic) bond motifs is 1. The zero-order valence-electron chi connectivity index (χ0n) is 17.2. The van der Waals surface area contributed by atoms with Gasteiger partial charge < -0.3 is 25.2 Å². The molecule has 11 heteroatoms. The van der Waals surface area contributed by atoms with Crippen LogP contribution in [0.3, 0.4) is 0 Å². The predicted octanol–water partition coefficient (Wildman–Crippen LogP) is 2.19. The molecular weight excluding hydrogens is 426 g/mol. The number of rotatable bonds is 5. The molecule has 2 aliphatic rings. The first-order valence-corrected chi connectivity index (χ1v) is 10.5. The number of β-lactam (4-membered cyclic amide) rings is 1. The molecule has 2 aliphatic heterocycles. The van der Waals surface area contributed by atoms with Crippen molar-refractivity contribution in [3.63, 3.8) is 0 Å². The van der Waals surface area contributed by atoms with E-state index in [-0.39, 0.29) is 5.88 Å². The molecule has 2 unspecified atom stereocenters. The van der Waals surface area contributed by atoms with Gasteiger partial charge in [0.05, 0.1) is 0 Å². The van der Waals surface area contributed by atoms with Gasteiger partial charge in [-0.15, -0.1) is 11.8 Å². The van der Waals surface area contributed by atoms with Crippen LogP contribution in [0.2, 0.25) is 0 Å². The molecule has 31 heavy (non-hydrogen) atoms. The van der Waals surface area contributed by atoms with Crippen LogP contribution >= 0.6 is 11.8 Å². The average Bonchev–Trinajstić information content (AvgIpc) is 2.68. The van der Waals surface area contributed by atoms with E-state index in [2.05, 4.69) is 15.4 Å². The van der Waals surface area contributed by atoms with Gasteiger partial charge in [0.15, 0.2) is 0 Å². The molecule has 1 aromatic carbocycles. The zero-order valence-corrected chi connectivity index (χ0v) is 18.0. The Labute approximate surface area is 182 Å². The molecule has 3 atom stereocenters. The number of ether oxygens (including phenoxy) is 2. The van der Waals surface area contributed by atoms with E-state index in [9.17, 15) is 19.2 Å². The van der Waals surface area contributed by atoms with Gasteiger partial charge in [-0.05, 0) is 32.4 Å². The first-order chi connectivity index (χ1) is 14.6. The summed E-state index contributed by atoms with van der Waals surface area (Å²) in [6.45, 7) is 5.11. The number of benzene rings is 1. The first-order valence-electron chi connectivity index (χ1n) is 9.47. The summed E-state index contributed by atoms with van der Waals surface area (Å²) in [4.78, 5) is 49.9. The van der Waals surface area contributed by atoms with Crippen molar-refractivity contribution in [2.24, 2.45) is 0 Å². The SMILES string of the molecule is CC(C)(C)OC(=O)NC(C(=O)NC1C(=O)N2C(OC(=O)O)=CCS[C@@H]12)c1ccccc1. The van der Waals surface area contributed by atoms with Gasteiger partial charge in [-0.1, -0.05) is 30.3 Å². The van der Waals surface area contributed by atoms with E-state index < -0.39 is 47.1 Å². The third-order valence-corrected chi connectivity index (χ3v) is 5.53. The highest BCUT2D eigenvalue weighted by molar-refractivity contribution is 8.00. The third-order valence-electron chi connectivity index (χ3n) is 4.35. The lowest BCUT2D eigenvalue weighted by Crippen LogP contribution is -2.70. The van der Waals surface area contributed by atoms with Crippen molar-refractivity contribution < 1.29 is 33.8 Å². The quantitative estimate of drug-likeness (QED) is 0.460. The molecule has 2 heterocycles. The lowest BCUT2D eigenvalue weighted by Gasteiger charge is -2.48. The van der Waals surface area contributed by atoms with Crippen molar-refractivity contribution in [1.29, 1.82) is 0 Å². The van der Waals surface area contributed by atoms with E-state index in [0.29, 0.717) is 11.3 Å². The average molecular weight is 449 g/mol. The number of amides is 3. The molecule has 0 saturated carbocycles. The fourth-order valence-electron chi connectivity index (χ4n) is 3.11. The molecule has 0 aliphatic carbocycles. The maximum atomic E-state index is 13.0. The molecule has 0 radical (unpaired) electrons. The van der Waals surface area contributed by atoms with Gasteiger partial charge in [-0.2, -0.15) is 0 Å². The Morgan fingerprint density at radius 1 is 1.23 bits per heavy atom. The summed E-state index contributed by atoms with van der Waals surface area (Å²) >= 11 is 1.36. The lowest BCUT2D eigenvalue weighted by atomic mass is 10.0. The monoisotopic (exact) mass is 449 g/mol.